The number of ether oxygens (including phenoxy) is 1. The molecular weight excluding hydrogens is 300 g/mol. The maximum Gasteiger partial charge on any atom is 0.259 e. The van der Waals surface area contributed by atoms with E-state index in [1.165, 1.54) is 12.8 Å². The average molecular weight is 322 g/mol. The molecule has 0 aromatic heterocycles. The number of hydrogen-bond donors (Lipinski definition) is 1. The first-order valence-electron chi connectivity index (χ1n) is 8.28. The molecule has 0 aliphatic rings. The van der Waals surface area contributed by atoms with Gasteiger partial charge in [-0.2, -0.15) is 5.26 Å². The lowest BCUT2D eigenvalue weighted by Crippen LogP contribution is -2.14. The van der Waals surface area contributed by atoms with Crippen molar-refractivity contribution in [3.63, 3.8) is 0 Å². The fourth-order valence-corrected chi connectivity index (χ4v) is 2.32. The summed E-state index contributed by atoms with van der Waals surface area (Å²) in [4.78, 5) is 12.5. The summed E-state index contributed by atoms with van der Waals surface area (Å²) in [6, 6.07) is 16.1. The second-order valence-corrected chi connectivity index (χ2v) is 5.55. The van der Waals surface area contributed by atoms with Crippen molar-refractivity contribution in [3.8, 4) is 11.8 Å². The summed E-state index contributed by atoms with van der Waals surface area (Å²) in [7, 11) is 0. The van der Waals surface area contributed by atoms with E-state index in [0.717, 1.165) is 12.8 Å². The maximum atomic E-state index is 12.5. The molecule has 0 spiro atoms. The van der Waals surface area contributed by atoms with Crippen molar-refractivity contribution in [2.75, 3.05) is 11.9 Å². The summed E-state index contributed by atoms with van der Waals surface area (Å²) < 4.78 is 5.78. The number of hydrogen-bond acceptors (Lipinski definition) is 3. The largest absolute Gasteiger partial charge is 0.493 e. The maximum absolute atomic E-state index is 12.5. The second kappa shape index (κ2) is 9.36. The molecule has 24 heavy (non-hydrogen) atoms. The van der Waals surface area contributed by atoms with Gasteiger partial charge in [0.25, 0.3) is 5.91 Å². The molecule has 2 rings (SSSR count). The summed E-state index contributed by atoms with van der Waals surface area (Å²) in [5, 5.41) is 11.6. The summed E-state index contributed by atoms with van der Waals surface area (Å²) in [6.45, 7) is 2.78. The van der Waals surface area contributed by atoms with Crippen molar-refractivity contribution in [2.24, 2.45) is 0 Å². The van der Waals surface area contributed by atoms with Gasteiger partial charge in [-0.05, 0) is 42.8 Å². The highest BCUT2D eigenvalue weighted by Crippen LogP contribution is 2.20. The number of carbonyl (C=O) groups is 1. The van der Waals surface area contributed by atoms with E-state index in [2.05, 4.69) is 18.3 Å². The molecule has 0 bridgehead atoms. The third-order valence-corrected chi connectivity index (χ3v) is 3.66. The van der Waals surface area contributed by atoms with E-state index in [1.807, 2.05) is 18.2 Å². The average Bonchev–Trinajstić information content (AvgIpc) is 2.62. The minimum absolute atomic E-state index is 0.219. The van der Waals surface area contributed by atoms with Crippen molar-refractivity contribution in [3.05, 3.63) is 59.7 Å². The lowest BCUT2D eigenvalue weighted by molar-refractivity contribution is 0.102. The number of nitrogens with zero attached hydrogens (tertiary/aromatic N) is 1. The van der Waals surface area contributed by atoms with Crippen LogP contribution in [0, 0.1) is 11.3 Å². The zero-order chi connectivity index (χ0) is 17.2. The number of unbranched alkanes of at least 4 members (excludes halogenated alkanes) is 3. The molecule has 124 valence electrons. The minimum atomic E-state index is -0.219. The standard InChI is InChI=1S/C20H22N2O2/c1-2-3-4-7-14-24-19-9-6-5-8-18(19)20(23)22-17-12-10-16(15-21)11-13-17/h5-6,8-13H,2-4,7,14H2,1H3,(H,22,23). The molecule has 4 nitrogen and oxygen atoms in total. The Bertz CT molecular complexity index is 702. The van der Waals surface area contributed by atoms with Crippen LogP contribution in [0.25, 0.3) is 0 Å². The molecule has 0 unspecified atom stereocenters. The van der Waals surface area contributed by atoms with Crippen LogP contribution in [0.15, 0.2) is 48.5 Å². The SMILES string of the molecule is CCCCCCOc1ccccc1C(=O)Nc1ccc(C#N)cc1. The highest BCUT2D eigenvalue weighted by atomic mass is 16.5. The van der Waals surface area contributed by atoms with Crippen LogP contribution in [0.3, 0.4) is 0 Å². The predicted octanol–water partition coefficient (Wildman–Crippen LogP) is 4.77. The van der Waals surface area contributed by atoms with Gasteiger partial charge in [0.1, 0.15) is 5.75 Å². The number of carbonyl (C=O) groups excluding carboxylic acids is 1. The monoisotopic (exact) mass is 322 g/mol. The molecule has 0 atom stereocenters. The first-order valence-corrected chi connectivity index (χ1v) is 8.28. The number of anilines is 1. The number of nitriles is 1. The molecule has 2 aromatic rings. The topological polar surface area (TPSA) is 62.1 Å². The van der Waals surface area contributed by atoms with Gasteiger partial charge in [0.15, 0.2) is 0 Å². The zero-order valence-electron chi connectivity index (χ0n) is 13.9. The fourth-order valence-electron chi connectivity index (χ4n) is 2.32. The molecule has 1 N–H and O–H groups in total. The van der Waals surface area contributed by atoms with Crippen LogP contribution in [0.4, 0.5) is 5.69 Å². The molecule has 0 aliphatic carbocycles. The molecule has 1 amide bonds. The Morgan fingerprint density at radius 2 is 1.83 bits per heavy atom. The Kier molecular flexibility index (Phi) is 6.85. The number of amides is 1. The number of nitrogens with one attached hydrogen (secondary N) is 1. The zero-order valence-corrected chi connectivity index (χ0v) is 13.9. The van der Waals surface area contributed by atoms with Crippen molar-refractivity contribution in [1.29, 1.82) is 5.26 Å². The molecule has 0 heterocycles. The molecule has 0 aliphatic heterocycles. The molecule has 0 radical (unpaired) electrons. The van der Waals surface area contributed by atoms with Gasteiger partial charge < -0.3 is 10.1 Å². The van der Waals surface area contributed by atoms with Crippen LogP contribution in [0.5, 0.6) is 5.75 Å². The third-order valence-electron chi connectivity index (χ3n) is 3.66. The number of benzene rings is 2. The molecule has 0 saturated heterocycles. The first-order chi connectivity index (χ1) is 11.7. The van der Waals surface area contributed by atoms with Crippen LogP contribution in [-0.2, 0) is 0 Å². The quantitative estimate of drug-likeness (QED) is 0.712. The lowest BCUT2D eigenvalue weighted by atomic mass is 10.1. The summed E-state index contributed by atoms with van der Waals surface area (Å²) >= 11 is 0. The van der Waals surface area contributed by atoms with Gasteiger partial charge in [0.2, 0.25) is 0 Å². The highest BCUT2D eigenvalue weighted by Gasteiger charge is 2.12. The van der Waals surface area contributed by atoms with Gasteiger partial charge in [-0.3, -0.25) is 4.79 Å². The highest BCUT2D eigenvalue weighted by molar-refractivity contribution is 6.06. The third kappa shape index (κ3) is 5.13. The molecule has 4 heteroatoms. The van der Waals surface area contributed by atoms with Gasteiger partial charge in [0, 0.05) is 5.69 Å². The van der Waals surface area contributed by atoms with Crippen LogP contribution in [-0.4, -0.2) is 12.5 Å². The molecule has 0 saturated carbocycles. The minimum Gasteiger partial charge on any atom is -0.493 e. The van der Waals surface area contributed by atoms with Gasteiger partial charge in [-0.25, -0.2) is 0 Å². The second-order valence-electron chi connectivity index (χ2n) is 5.55. The van der Waals surface area contributed by atoms with Crippen molar-refractivity contribution in [2.45, 2.75) is 32.6 Å². The Balaban J connectivity index is 1.99. The van der Waals surface area contributed by atoms with E-state index in [0.29, 0.717) is 29.2 Å². The van der Waals surface area contributed by atoms with E-state index in [9.17, 15) is 4.79 Å². The molecular formula is C20H22N2O2. The van der Waals surface area contributed by atoms with Crippen LogP contribution in [0.1, 0.15) is 48.5 Å². The number of rotatable bonds is 8. The van der Waals surface area contributed by atoms with Crippen LogP contribution >= 0.6 is 0 Å². The van der Waals surface area contributed by atoms with Crippen molar-refractivity contribution in [1.82, 2.24) is 0 Å². The Morgan fingerprint density at radius 1 is 1.08 bits per heavy atom. The Labute approximate surface area is 143 Å². The normalized spacial score (nSPS) is 10.0. The first kappa shape index (κ1) is 17.6. The smallest absolute Gasteiger partial charge is 0.259 e. The van der Waals surface area contributed by atoms with E-state index in [4.69, 9.17) is 10.00 Å². The Morgan fingerprint density at radius 3 is 2.54 bits per heavy atom. The predicted molar refractivity (Wildman–Crippen MR) is 95.2 cm³/mol. The van der Waals surface area contributed by atoms with Crippen molar-refractivity contribution >= 4 is 11.6 Å². The number of para-hydroxylation sites is 1. The summed E-state index contributed by atoms with van der Waals surface area (Å²) in [5.74, 6) is 0.379. The Hall–Kier alpha value is -2.80. The summed E-state index contributed by atoms with van der Waals surface area (Å²) in [6.07, 6.45) is 4.50. The van der Waals surface area contributed by atoms with Gasteiger partial charge >= 0.3 is 0 Å². The fraction of sp³-hybridized carbons (Fsp3) is 0.300. The molecule has 0 fully saturated rings. The van der Waals surface area contributed by atoms with Gasteiger partial charge in [0.05, 0.1) is 23.8 Å². The lowest BCUT2D eigenvalue weighted by Gasteiger charge is -2.11. The van der Waals surface area contributed by atoms with Gasteiger partial charge in [-0.1, -0.05) is 38.3 Å². The molecule has 2 aromatic carbocycles. The van der Waals surface area contributed by atoms with Crippen molar-refractivity contribution < 1.29 is 9.53 Å². The van der Waals surface area contributed by atoms with E-state index >= 15 is 0 Å². The van der Waals surface area contributed by atoms with E-state index in [-0.39, 0.29) is 5.91 Å². The van der Waals surface area contributed by atoms with Crippen LogP contribution < -0.4 is 10.1 Å². The summed E-state index contributed by atoms with van der Waals surface area (Å²) in [5.41, 5.74) is 1.72. The van der Waals surface area contributed by atoms with E-state index < -0.39 is 0 Å². The van der Waals surface area contributed by atoms with Crippen LogP contribution in [0.2, 0.25) is 0 Å². The van der Waals surface area contributed by atoms with Gasteiger partial charge in [-0.15, -0.1) is 0 Å². The van der Waals surface area contributed by atoms with E-state index in [1.54, 1.807) is 30.3 Å².